The molecule has 1 N–H and O–H groups in total. The van der Waals surface area contributed by atoms with Gasteiger partial charge in [-0.3, -0.25) is 13.9 Å². The molecular formula is C25H25ClIN3O4S. The number of sulfonamides is 1. The molecular weight excluding hydrogens is 601 g/mol. The summed E-state index contributed by atoms with van der Waals surface area (Å²) >= 11 is 8.24. The molecule has 0 fully saturated rings. The smallest absolute Gasteiger partial charge is 0.264 e. The molecule has 1 atom stereocenters. The number of halogens is 2. The number of hydrogen-bond acceptors (Lipinski definition) is 4. The van der Waals surface area contributed by atoms with E-state index in [0.29, 0.717) is 16.3 Å². The molecule has 184 valence electrons. The molecule has 0 heterocycles. The Kier molecular flexibility index (Phi) is 9.15. The fraction of sp³-hybridized carbons (Fsp3) is 0.200. The van der Waals surface area contributed by atoms with Crippen molar-refractivity contribution in [3.05, 3.63) is 93.0 Å². The van der Waals surface area contributed by atoms with Gasteiger partial charge in [-0.1, -0.05) is 41.9 Å². The molecule has 0 aromatic heterocycles. The maximum atomic E-state index is 13.6. The van der Waals surface area contributed by atoms with Crippen LogP contribution in [0.3, 0.4) is 0 Å². The van der Waals surface area contributed by atoms with Crippen molar-refractivity contribution in [2.75, 3.05) is 17.9 Å². The number of nitrogens with one attached hydrogen (secondary N) is 1. The van der Waals surface area contributed by atoms with E-state index in [1.807, 2.05) is 0 Å². The average Bonchev–Trinajstić information content (AvgIpc) is 2.86. The topological polar surface area (TPSA) is 86.8 Å². The van der Waals surface area contributed by atoms with E-state index >= 15 is 0 Å². The van der Waals surface area contributed by atoms with Gasteiger partial charge in [-0.15, -0.1) is 0 Å². The SMILES string of the molecule is CNC(=O)[C@H](C)N(Cc1cccc(Cl)c1)C(=O)CN(c1ccc(I)cc1)S(=O)(=O)c1ccccc1. The largest absolute Gasteiger partial charge is 0.357 e. The standard InChI is InChI=1S/C25H25ClIN3O4S/c1-18(25(32)28-2)29(16-19-7-6-8-20(26)15-19)24(31)17-30(22-13-11-21(27)12-14-22)35(33,34)23-9-4-3-5-10-23/h3-15,18H,16-17H2,1-2H3,(H,28,32)/t18-/m0/s1. The highest BCUT2D eigenvalue weighted by atomic mass is 127. The number of benzene rings is 3. The summed E-state index contributed by atoms with van der Waals surface area (Å²) in [6, 6.07) is 20.9. The number of likely N-dealkylation sites (N-methyl/N-ethyl adjacent to an activating group) is 1. The summed E-state index contributed by atoms with van der Waals surface area (Å²) in [5, 5.41) is 3.05. The van der Waals surface area contributed by atoms with E-state index in [2.05, 4.69) is 27.9 Å². The third-order valence-corrected chi connectivity index (χ3v) is 8.12. The quantitative estimate of drug-likeness (QED) is 0.360. The first-order chi connectivity index (χ1) is 16.6. The van der Waals surface area contributed by atoms with Crippen LogP contribution in [-0.4, -0.2) is 44.8 Å². The molecule has 10 heteroatoms. The zero-order valence-electron chi connectivity index (χ0n) is 19.2. The average molecular weight is 626 g/mol. The Labute approximate surface area is 224 Å². The Morgan fingerprint density at radius 1 is 1.00 bits per heavy atom. The summed E-state index contributed by atoms with van der Waals surface area (Å²) in [4.78, 5) is 27.5. The van der Waals surface area contributed by atoms with Crippen molar-refractivity contribution in [1.82, 2.24) is 10.2 Å². The predicted molar refractivity (Wildman–Crippen MR) is 146 cm³/mol. The number of hydrogen-bond donors (Lipinski definition) is 1. The maximum Gasteiger partial charge on any atom is 0.264 e. The molecule has 0 saturated carbocycles. The summed E-state index contributed by atoms with van der Waals surface area (Å²) in [7, 11) is -2.58. The van der Waals surface area contributed by atoms with Crippen molar-refractivity contribution in [1.29, 1.82) is 0 Å². The molecule has 2 amide bonds. The van der Waals surface area contributed by atoms with Crippen molar-refractivity contribution in [2.24, 2.45) is 0 Å². The third-order valence-electron chi connectivity index (χ3n) is 5.38. The molecule has 0 radical (unpaired) electrons. The van der Waals surface area contributed by atoms with Crippen LogP contribution in [0, 0.1) is 3.57 Å². The van der Waals surface area contributed by atoms with Gasteiger partial charge in [0.15, 0.2) is 0 Å². The summed E-state index contributed by atoms with van der Waals surface area (Å²) in [6.45, 7) is 1.20. The highest BCUT2D eigenvalue weighted by Crippen LogP contribution is 2.25. The van der Waals surface area contributed by atoms with Crippen LogP contribution < -0.4 is 9.62 Å². The summed E-state index contributed by atoms with van der Waals surface area (Å²) in [5.41, 5.74) is 1.06. The maximum absolute atomic E-state index is 13.6. The first-order valence-electron chi connectivity index (χ1n) is 10.7. The van der Waals surface area contributed by atoms with Crippen LogP contribution in [0.2, 0.25) is 5.02 Å². The van der Waals surface area contributed by atoms with Crippen molar-refractivity contribution < 1.29 is 18.0 Å². The van der Waals surface area contributed by atoms with E-state index in [4.69, 9.17) is 11.6 Å². The Bertz CT molecular complexity index is 1290. The van der Waals surface area contributed by atoms with E-state index in [1.54, 1.807) is 73.7 Å². The van der Waals surface area contributed by atoms with E-state index < -0.39 is 28.5 Å². The fourth-order valence-electron chi connectivity index (χ4n) is 3.48. The van der Waals surface area contributed by atoms with E-state index in [-0.39, 0.29) is 17.3 Å². The first-order valence-corrected chi connectivity index (χ1v) is 13.6. The second-order valence-electron chi connectivity index (χ2n) is 7.74. The van der Waals surface area contributed by atoms with Gasteiger partial charge in [0.2, 0.25) is 11.8 Å². The molecule has 3 aromatic carbocycles. The lowest BCUT2D eigenvalue weighted by atomic mass is 10.1. The number of amides is 2. The van der Waals surface area contributed by atoms with Crippen LogP contribution in [0.15, 0.2) is 83.8 Å². The molecule has 3 rings (SSSR count). The van der Waals surface area contributed by atoms with Crippen molar-refractivity contribution in [3.63, 3.8) is 0 Å². The Morgan fingerprint density at radius 3 is 2.26 bits per heavy atom. The minimum atomic E-state index is -4.06. The van der Waals surface area contributed by atoms with Gasteiger partial charge in [0.25, 0.3) is 10.0 Å². The Balaban J connectivity index is 2.01. The Morgan fingerprint density at radius 2 is 1.66 bits per heavy atom. The number of nitrogens with zero attached hydrogens (tertiary/aromatic N) is 2. The number of anilines is 1. The van der Waals surface area contributed by atoms with Crippen LogP contribution in [0.5, 0.6) is 0 Å². The fourth-order valence-corrected chi connectivity index (χ4v) is 5.49. The van der Waals surface area contributed by atoms with E-state index in [1.165, 1.54) is 24.1 Å². The lowest BCUT2D eigenvalue weighted by Crippen LogP contribution is -2.50. The molecule has 7 nitrogen and oxygen atoms in total. The summed E-state index contributed by atoms with van der Waals surface area (Å²) in [6.07, 6.45) is 0. The van der Waals surface area contributed by atoms with E-state index in [0.717, 1.165) is 7.88 Å². The van der Waals surface area contributed by atoms with Crippen LogP contribution >= 0.6 is 34.2 Å². The van der Waals surface area contributed by atoms with Crippen molar-refractivity contribution in [2.45, 2.75) is 24.4 Å². The monoisotopic (exact) mass is 625 g/mol. The third kappa shape index (κ3) is 6.74. The van der Waals surface area contributed by atoms with Gasteiger partial charge in [-0.2, -0.15) is 0 Å². The molecule has 0 saturated heterocycles. The predicted octanol–water partition coefficient (Wildman–Crippen LogP) is 4.30. The lowest BCUT2D eigenvalue weighted by Gasteiger charge is -2.31. The minimum Gasteiger partial charge on any atom is -0.357 e. The zero-order chi connectivity index (χ0) is 25.6. The second kappa shape index (κ2) is 11.9. The van der Waals surface area contributed by atoms with Gasteiger partial charge in [0.05, 0.1) is 10.6 Å². The number of carbonyl (C=O) groups is 2. The van der Waals surface area contributed by atoms with Crippen molar-refractivity contribution in [3.8, 4) is 0 Å². The van der Waals surface area contributed by atoms with Gasteiger partial charge in [-0.05, 0) is 83.6 Å². The molecule has 0 spiro atoms. The molecule has 35 heavy (non-hydrogen) atoms. The highest BCUT2D eigenvalue weighted by Gasteiger charge is 2.32. The van der Waals surface area contributed by atoms with Gasteiger partial charge in [-0.25, -0.2) is 8.42 Å². The van der Waals surface area contributed by atoms with Crippen LogP contribution in [0.25, 0.3) is 0 Å². The number of rotatable bonds is 9. The zero-order valence-corrected chi connectivity index (χ0v) is 22.9. The summed E-state index contributed by atoms with van der Waals surface area (Å²) in [5.74, 6) is -0.897. The molecule has 3 aromatic rings. The van der Waals surface area contributed by atoms with Gasteiger partial charge in [0, 0.05) is 22.2 Å². The van der Waals surface area contributed by atoms with Crippen LogP contribution in [0.1, 0.15) is 12.5 Å². The van der Waals surface area contributed by atoms with Gasteiger partial charge < -0.3 is 10.2 Å². The van der Waals surface area contributed by atoms with Gasteiger partial charge >= 0.3 is 0 Å². The molecule has 0 aliphatic carbocycles. The lowest BCUT2D eigenvalue weighted by molar-refractivity contribution is -0.139. The van der Waals surface area contributed by atoms with Crippen LogP contribution in [0.4, 0.5) is 5.69 Å². The first kappa shape index (κ1) is 27.0. The summed E-state index contributed by atoms with van der Waals surface area (Å²) < 4.78 is 29.2. The Hall–Kier alpha value is -2.63. The van der Waals surface area contributed by atoms with Crippen molar-refractivity contribution >= 4 is 61.7 Å². The van der Waals surface area contributed by atoms with E-state index in [9.17, 15) is 18.0 Å². The minimum absolute atomic E-state index is 0.0621. The van der Waals surface area contributed by atoms with Crippen LogP contribution in [-0.2, 0) is 26.2 Å². The van der Waals surface area contributed by atoms with Gasteiger partial charge in [0.1, 0.15) is 12.6 Å². The second-order valence-corrected chi connectivity index (χ2v) is 11.3. The molecule has 0 aliphatic rings. The highest BCUT2D eigenvalue weighted by molar-refractivity contribution is 14.1. The molecule has 0 aliphatic heterocycles. The number of carbonyl (C=O) groups excluding carboxylic acids is 2. The molecule has 0 unspecified atom stereocenters. The normalized spacial score (nSPS) is 12.0. The molecule has 0 bridgehead atoms.